The Morgan fingerprint density at radius 3 is 1.92 bits per heavy atom. The zero-order valence-corrected chi connectivity index (χ0v) is 8.95. The molecule has 1 N–H and O–H groups in total. The summed E-state index contributed by atoms with van der Waals surface area (Å²) >= 11 is 0. The Morgan fingerprint density at radius 2 is 1.54 bits per heavy atom. The van der Waals surface area contributed by atoms with Crippen LogP contribution in [0.25, 0.3) is 0 Å². The fraction of sp³-hybridized carbons (Fsp3) is 0.800. The molecule has 0 aromatic heterocycles. The van der Waals surface area contributed by atoms with Gasteiger partial charge in [0.2, 0.25) is 0 Å². The number of aliphatic hydroxyl groups excluding tert-OH is 1. The van der Waals surface area contributed by atoms with Gasteiger partial charge in [-0.3, -0.25) is 0 Å². The van der Waals surface area contributed by atoms with E-state index in [0.717, 1.165) is 6.61 Å². The SMILES string of the molecule is CC=CC.CCOCCOCCO. The number of aliphatic hydroxyl groups is 1. The lowest BCUT2D eigenvalue weighted by Crippen LogP contribution is -2.06. The molecular formula is C10H22O3. The second kappa shape index (κ2) is 17.6. The molecule has 0 aromatic carbocycles. The largest absolute Gasteiger partial charge is 0.394 e. The maximum atomic E-state index is 8.26. The number of hydrogen-bond acceptors (Lipinski definition) is 3. The molecule has 0 saturated heterocycles. The molecule has 0 saturated carbocycles. The molecule has 0 bridgehead atoms. The van der Waals surface area contributed by atoms with Crippen LogP contribution in [0.2, 0.25) is 0 Å². The minimum absolute atomic E-state index is 0.0894. The van der Waals surface area contributed by atoms with Gasteiger partial charge in [0.05, 0.1) is 26.4 Å². The van der Waals surface area contributed by atoms with Gasteiger partial charge in [-0.15, -0.1) is 0 Å². The van der Waals surface area contributed by atoms with Gasteiger partial charge in [0.1, 0.15) is 0 Å². The lowest BCUT2D eigenvalue weighted by Gasteiger charge is -2.00. The third kappa shape index (κ3) is 24.5. The number of ether oxygens (including phenoxy) is 2. The molecule has 0 atom stereocenters. The lowest BCUT2D eigenvalue weighted by atomic mass is 10.6. The van der Waals surface area contributed by atoms with Crippen molar-refractivity contribution >= 4 is 0 Å². The molecule has 80 valence electrons. The van der Waals surface area contributed by atoms with Gasteiger partial charge < -0.3 is 14.6 Å². The summed E-state index contributed by atoms with van der Waals surface area (Å²) in [5, 5.41) is 8.26. The van der Waals surface area contributed by atoms with Crippen molar-refractivity contribution in [3.8, 4) is 0 Å². The first-order valence-electron chi connectivity index (χ1n) is 4.67. The number of allylic oxidation sites excluding steroid dienone is 2. The second-order valence-electron chi connectivity index (χ2n) is 2.20. The zero-order valence-electron chi connectivity index (χ0n) is 8.95. The first-order chi connectivity index (χ1) is 6.33. The lowest BCUT2D eigenvalue weighted by molar-refractivity contribution is 0.0370. The third-order valence-corrected chi connectivity index (χ3v) is 1.15. The number of rotatable bonds is 6. The molecule has 0 aliphatic carbocycles. The van der Waals surface area contributed by atoms with E-state index in [1.54, 1.807) is 0 Å². The second-order valence-corrected chi connectivity index (χ2v) is 2.20. The number of hydrogen-bond donors (Lipinski definition) is 1. The Balaban J connectivity index is 0. The molecule has 0 radical (unpaired) electrons. The van der Waals surface area contributed by atoms with Crippen LogP contribution in [0, 0.1) is 0 Å². The summed E-state index contributed by atoms with van der Waals surface area (Å²) in [6, 6.07) is 0. The smallest absolute Gasteiger partial charge is 0.0701 e. The van der Waals surface area contributed by atoms with Crippen molar-refractivity contribution in [3.63, 3.8) is 0 Å². The molecule has 13 heavy (non-hydrogen) atoms. The third-order valence-electron chi connectivity index (χ3n) is 1.15. The van der Waals surface area contributed by atoms with E-state index in [-0.39, 0.29) is 6.61 Å². The molecule has 0 unspecified atom stereocenters. The Kier molecular flexibility index (Phi) is 20.5. The fourth-order valence-corrected chi connectivity index (χ4v) is 0.429. The highest BCUT2D eigenvalue weighted by molar-refractivity contribution is 4.68. The van der Waals surface area contributed by atoms with Gasteiger partial charge in [0.15, 0.2) is 0 Å². The molecule has 3 heteroatoms. The summed E-state index contributed by atoms with van der Waals surface area (Å²) in [5.74, 6) is 0. The van der Waals surface area contributed by atoms with Crippen molar-refractivity contribution in [2.24, 2.45) is 0 Å². The minimum Gasteiger partial charge on any atom is -0.394 e. The molecular weight excluding hydrogens is 168 g/mol. The monoisotopic (exact) mass is 190 g/mol. The Hall–Kier alpha value is -0.380. The van der Waals surface area contributed by atoms with Gasteiger partial charge in [-0.2, -0.15) is 0 Å². The summed E-state index contributed by atoms with van der Waals surface area (Å²) in [6.45, 7) is 8.36. The highest BCUT2D eigenvalue weighted by atomic mass is 16.5. The van der Waals surface area contributed by atoms with Crippen LogP contribution in [0.4, 0.5) is 0 Å². The van der Waals surface area contributed by atoms with Crippen molar-refractivity contribution in [1.82, 2.24) is 0 Å². The predicted octanol–water partition coefficient (Wildman–Crippen LogP) is 1.61. The van der Waals surface area contributed by atoms with Crippen LogP contribution >= 0.6 is 0 Å². The Labute approximate surface area is 81.4 Å². The van der Waals surface area contributed by atoms with Crippen LogP contribution in [-0.4, -0.2) is 38.1 Å². The van der Waals surface area contributed by atoms with Gasteiger partial charge in [-0.05, 0) is 20.8 Å². The molecule has 0 aromatic rings. The van der Waals surface area contributed by atoms with E-state index in [4.69, 9.17) is 14.6 Å². The summed E-state index contributed by atoms with van der Waals surface area (Å²) < 4.78 is 9.88. The van der Waals surface area contributed by atoms with E-state index in [1.165, 1.54) is 0 Å². The van der Waals surface area contributed by atoms with E-state index >= 15 is 0 Å². The maximum Gasteiger partial charge on any atom is 0.0701 e. The molecule has 0 fully saturated rings. The summed E-state index contributed by atoms with van der Waals surface area (Å²) in [5.41, 5.74) is 0. The van der Waals surface area contributed by atoms with Crippen LogP contribution in [0.1, 0.15) is 20.8 Å². The molecule has 3 nitrogen and oxygen atoms in total. The molecule has 0 aliphatic rings. The standard InChI is InChI=1S/C6H14O3.C4H8/c1-2-8-5-6-9-4-3-7;1-3-4-2/h7H,2-6H2,1H3;3-4H,1-2H3. The quantitative estimate of drug-likeness (QED) is 0.511. The van der Waals surface area contributed by atoms with E-state index < -0.39 is 0 Å². The van der Waals surface area contributed by atoms with E-state index in [0.29, 0.717) is 19.8 Å². The van der Waals surface area contributed by atoms with Gasteiger partial charge in [-0.1, -0.05) is 12.2 Å². The van der Waals surface area contributed by atoms with Crippen molar-refractivity contribution in [2.45, 2.75) is 20.8 Å². The van der Waals surface area contributed by atoms with Gasteiger partial charge >= 0.3 is 0 Å². The Bertz CT molecular complexity index is 82.2. The van der Waals surface area contributed by atoms with Crippen LogP contribution < -0.4 is 0 Å². The molecule has 0 amide bonds. The topological polar surface area (TPSA) is 38.7 Å². The zero-order chi connectivity index (χ0) is 10.4. The average Bonchev–Trinajstić information content (AvgIpc) is 2.18. The van der Waals surface area contributed by atoms with E-state index in [9.17, 15) is 0 Å². The predicted molar refractivity (Wildman–Crippen MR) is 54.9 cm³/mol. The molecule has 0 rings (SSSR count). The van der Waals surface area contributed by atoms with Crippen molar-refractivity contribution in [3.05, 3.63) is 12.2 Å². The van der Waals surface area contributed by atoms with Crippen LogP contribution in [-0.2, 0) is 9.47 Å². The van der Waals surface area contributed by atoms with Crippen LogP contribution in [0.15, 0.2) is 12.2 Å². The van der Waals surface area contributed by atoms with Gasteiger partial charge in [0.25, 0.3) is 0 Å². The van der Waals surface area contributed by atoms with Crippen molar-refractivity contribution in [1.29, 1.82) is 0 Å². The van der Waals surface area contributed by atoms with Gasteiger partial charge in [-0.25, -0.2) is 0 Å². The highest BCUT2D eigenvalue weighted by Gasteiger charge is 1.84. The van der Waals surface area contributed by atoms with Crippen molar-refractivity contribution in [2.75, 3.05) is 33.0 Å². The fourth-order valence-electron chi connectivity index (χ4n) is 0.429. The molecule has 0 heterocycles. The first-order valence-corrected chi connectivity index (χ1v) is 4.67. The van der Waals surface area contributed by atoms with E-state index in [1.807, 2.05) is 32.9 Å². The van der Waals surface area contributed by atoms with E-state index in [2.05, 4.69) is 0 Å². The van der Waals surface area contributed by atoms with Gasteiger partial charge in [0, 0.05) is 6.61 Å². The first kappa shape index (κ1) is 15.1. The summed E-state index contributed by atoms with van der Waals surface area (Å²) in [4.78, 5) is 0. The highest BCUT2D eigenvalue weighted by Crippen LogP contribution is 1.76. The van der Waals surface area contributed by atoms with Crippen LogP contribution in [0.5, 0.6) is 0 Å². The summed E-state index contributed by atoms with van der Waals surface area (Å²) in [6.07, 6.45) is 4.00. The van der Waals surface area contributed by atoms with Crippen molar-refractivity contribution < 1.29 is 14.6 Å². The Morgan fingerprint density at radius 1 is 1.00 bits per heavy atom. The minimum atomic E-state index is 0.0894. The van der Waals surface area contributed by atoms with Crippen LogP contribution in [0.3, 0.4) is 0 Å². The molecule has 0 spiro atoms. The average molecular weight is 190 g/mol. The maximum absolute atomic E-state index is 8.26. The normalized spacial score (nSPS) is 9.85. The summed E-state index contributed by atoms with van der Waals surface area (Å²) in [7, 11) is 0. The molecule has 0 aliphatic heterocycles.